The molecule has 0 saturated heterocycles. The van der Waals surface area contributed by atoms with Gasteiger partial charge in [-0.3, -0.25) is 4.79 Å². The van der Waals surface area contributed by atoms with Gasteiger partial charge in [0.1, 0.15) is 5.82 Å². The largest absolute Gasteiger partial charge is 0.311 e. The third-order valence-electron chi connectivity index (χ3n) is 3.23. The number of aromatic nitrogens is 2. The van der Waals surface area contributed by atoms with Crippen LogP contribution in [0.15, 0.2) is 42.6 Å². The summed E-state index contributed by atoms with van der Waals surface area (Å²) in [6, 6.07) is 11.9. The van der Waals surface area contributed by atoms with E-state index in [4.69, 9.17) is 0 Å². The van der Waals surface area contributed by atoms with Gasteiger partial charge in [0.2, 0.25) is 5.91 Å². The molecule has 1 N–H and O–H groups in total. The van der Waals surface area contributed by atoms with Gasteiger partial charge in [-0.05, 0) is 26.1 Å². The van der Waals surface area contributed by atoms with Gasteiger partial charge >= 0.3 is 0 Å². The third kappa shape index (κ3) is 5.04. The molecular formula is C16H22N4O. The van der Waals surface area contributed by atoms with E-state index >= 15 is 0 Å². The normalized spacial score (nSPS) is 10.8. The maximum absolute atomic E-state index is 12.0. The van der Waals surface area contributed by atoms with Crippen LogP contribution in [0.25, 0.3) is 0 Å². The van der Waals surface area contributed by atoms with Gasteiger partial charge in [0.15, 0.2) is 0 Å². The molecule has 21 heavy (non-hydrogen) atoms. The van der Waals surface area contributed by atoms with Gasteiger partial charge in [0.25, 0.3) is 0 Å². The number of benzene rings is 1. The first-order valence-electron chi connectivity index (χ1n) is 7.15. The number of carbonyl (C=O) groups excluding carboxylic acids is 1. The van der Waals surface area contributed by atoms with Crippen LogP contribution in [-0.2, 0) is 17.8 Å². The Morgan fingerprint density at radius 3 is 2.71 bits per heavy atom. The van der Waals surface area contributed by atoms with Gasteiger partial charge in [-0.1, -0.05) is 30.3 Å². The zero-order valence-corrected chi connectivity index (χ0v) is 12.6. The van der Waals surface area contributed by atoms with Crippen LogP contribution < -0.4 is 5.32 Å². The van der Waals surface area contributed by atoms with Gasteiger partial charge in [0.05, 0.1) is 12.7 Å². The van der Waals surface area contributed by atoms with Crippen LogP contribution in [0.1, 0.15) is 12.0 Å². The molecule has 0 unspecified atom stereocenters. The van der Waals surface area contributed by atoms with E-state index in [0.717, 1.165) is 25.3 Å². The number of nitrogens with zero attached hydrogens (tertiary/aromatic N) is 3. The lowest BCUT2D eigenvalue weighted by Gasteiger charge is -2.12. The van der Waals surface area contributed by atoms with E-state index in [1.54, 1.807) is 6.20 Å². The Morgan fingerprint density at radius 2 is 2.00 bits per heavy atom. The highest BCUT2D eigenvalue weighted by Gasteiger charge is 2.07. The molecule has 1 aromatic carbocycles. The molecule has 0 spiro atoms. The van der Waals surface area contributed by atoms with Gasteiger partial charge in [-0.15, -0.1) is 0 Å². The summed E-state index contributed by atoms with van der Waals surface area (Å²) in [6.07, 6.45) is 2.93. The molecular weight excluding hydrogens is 264 g/mol. The minimum Gasteiger partial charge on any atom is -0.311 e. The fourth-order valence-corrected chi connectivity index (χ4v) is 2.02. The summed E-state index contributed by atoms with van der Waals surface area (Å²) in [5.74, 6) is 0.778. The molecule has 0 aliphatic heterocycles. The molecule has 0 saturated carbocycles. The minimum absolute atomic E-state index is 0.0189. The molecule has 2 rings (SSSR count). The first-order chi connectivity index (χ1) is 10.1. The molecule has 112 valence electrons. The Balaban J connectivity index is 1.84. The highest BCUT2D eigenvalue weighted by Crippen LogP contribution is 2.08. The van der Waals surface area contributed by atoms with E-state index in [9.17, 15) is 4.79 Å². The Bertz CT molecular complexity index is 563. The number of hydrogen-bond donors (Lipinski definition) is 1. The van der Waals surface area contributed by atoms with Crippen molar-refractivity contribution in [3.05, 3.63) is 48.2 Å². The summed E-state index contributed by atoms with van der Waals surface area (Å²) in [6.45, 7) is 1.64. The second-order valence-corrected chi connectivity index (χ2v) is 5.28. The molecule has 1 heterocycles. The standard InChI is InChI=1S/C16H22N4O/c1-19(2)12-13-20-15(10-11-17-20)18-16(21)9-8-14-6-4-3-5-7-14/h3-7,10-11H,8-9,12-13H2,1-2H3,(H,18,21). The zero-order chi connectivity index (χ0) is 15.1. The van der Waals surface area contributed by atoms with Crippen LogP contribution in [0.4, 0.5) is 5.82 Å². The van der Waals surface area contributed by atoms with Crippen LogP contribution >= 0.6 is 0 Å². The molecule has 0 aliphatic rings. The van der Waals surface area contributed by atoms with E-state index in [-0.39, 0.29) is 5.91 Å². The number of anilines is 1. The van der Waals surface area contributed by atoms with Crippen molar-refractivity contribution >= 4 is 11.7 Å². The third-order valence-corrected chi connectivity index (χ3v) is 3.23. The summed E-state index contributed by atoms with van der Waals surface area (Å²) >= 11 is 0. The first kappa shape index (κ1) is 15.3. The molecule has 1 aromatic heterocycles. The maximum atomic E-state index is 12.0. The Hall–Kier alpha value is -2.14. The number of carbonyl (C=O) groups is 1. The van der Waals surface area contributed by atoms with Gasteiger partial charge in [-0.25, -0.2) is 4.68 Å². The van der Waals surface area contributed by atoms with Crippen molar-refractivity contribution in [2.45, 2.75) is 19.4 Å². The van der Waals surface area contributed by atoms with Crippen LogP contribution in [0.5, 0.6) is 0 Å². The molecule has 0 aliphatic carbocycles. The van der Waals surface area contributed by atoms with Crippen molar-refractivity contribution in [1.82, 2.24) is 14.7 Å². The fourth-order valence-electron chi connectivity index (χ4n) is 2.02. The summed E-state index contributed by atoms with van der Waals surface area (Å²) < 4.78 is 1.82. The number of likely N-dealkylation sites (N-methyl/N-ethyl adjacent to an activating group) is 1. The molecule has 0 radical (unpaired) electrons. The Labute approximate surface area is 125 Å². The molecule has 1 amide bonds. The lowest BCUT2D eigenvalue weighted by Crippen LogP contribution is -2.21. The summed E-state index contributed by atoms with van der Waals surface area (Å²) in [5, 5.41) is 7.16. The number of amides is 1. The molecule has 0 fully saturated rings. The van der Waals surface area contributed by atoms with Crippen LogP contribution in [0.3, 0.4) is 0 Å². The Kier molecular flexibility index (Phi) is 5.51. The van der Waals surface area contributed by atoms with E-state index in [2.05, 4.69) is 15.3 Å². The number of rotatable bonds is 7. The number of aryl methyl sites for hydroxylation is 1. The van der Waals surface area contributed by atoms with E-state index < -0.39 is 0 Å². The number of nitrogens with one attached hydrogen (secondary N) is 1. The van der Waals surface area contributed by atoms with Crippen molar-refractivity contribution in [2.75, 3.05) is 26.0 Å². The number of hydrogen-bond acceptors (Lipinski definition) is 3. The van der Waals surface area contributed by atoms with Gasteiger partial charge in [0, 0.05) is 19.0 Å². The van der Waals surface area contributed by atoms with Crippen LogP contribution in [-0.4, -0.2) is 41.2 Å². The predicted molar refractivity (Wildman–Crippen MR) is 84.2 cm³/mol. The molecule has 0 atom stereocenters. The van der Waals surface area contributed by atoms with E-state index in [1.165, 1.54) is 5.56 Å². The van der Waals surface area contributed by atoms with E-state index in [0.29, 0.717) is 6.42 Å². The first-order valence-corrected chi connectivity index (χ1v) is 7.15. The van der Waals surface area contributed by atoms with Gasteiger partial charge < -0.3 is 10.2 Å². The van der Waals surface area contributed by atoms with Crippen molar-refractivity contribution in [3.8, 4) is 0 Å². The topological polar surface area (TPSA) is 50.2 Å². The SMILES string of the molecule is CN(C)CCn1nccc1NC(=O)CCc1ccccc1. The predicted octanol–water partition coefficient (Wildman–Crippen LogP) is 2.02. The van der Waals surface area contributed by atoms with Crippen molar-refractivity contribution in [1.29, 1.82) is 0 Å². The highest BCUT2D eigenvalue weighted by molar-refractivity contribution is 5.89. The summed E-state index contributed by atoms with van der Waals surface area (Å²) in [4.78, 5) is 14.1. The molecule has 2 aromatic rings. The summed E-state index contributed by atoms with van der Waals surface area (Å²) in [5.41, 5.74) is 1.17. The van der Waals surface area contributed by atoms with Crippen LogP contribution in [0.2, 0.25) is 0 Å². The second kappa shape index (κ2) is 7.59. The minimum atomic E-state index is 0.0189. The fraction of sp³-hybridized carbons (Fsp3) is 0.375. The zero-order valence-electron chi connectivity index (χ0n) is 12.6. The highest BCUT2D eigenvalue weighted by atomic mass is 16.1. The van der Waals surface area contributed by atoms with Crippen LogP contribution in [0, 0.1) is 0 Å². The lowest BCUT2D eigenvalue weighted by molar-refractivity contribution is -0.116. The molecule has 0 bridgehead atoms. The average molecular weight is 286 g/mol. The Morgan fingerprint density at radius 1 is 1.24 bits per heavy atom. The maximum Gasteiger partial charge on any atom is 0.225 e. The quantitative estimate of drug-likeness (QED) is 0.847. The smallest absolute Gasteiger partial charge is 0.225 e. The monoisotopic (exact) mass is 286 g/mol. The van der Waals surface area contributed by atoms with E-state index in [1.807, 2.05) is 55.2 Å². The van der Waals surface area contributed by atoms with Crippen molar-refractivity contribution in [3.63, 3.8) is 0 Å². The second-order valence-electron chi connectivity index (χ2n) is 5.28. The van der Waals surface area contributed by atoms with Crippen molar-refractivity contribution in [2.24, 2.45) is 0 Å². The average Bonchev–Trinajstić information content (AvgIpc) is 2.91. The molecule has 5 nitrogen and oxygen atoms in total. The molecule has 5 heteroatoms. The summed E-state index contributed by atoms with van der Waals surface area (Å²) in [7, 11) is 4.03. The van der Waals surface area contributed by atoms with Gasteiger partial charge in [-0.2, -0.15) is 5.10 Å². The lowest BCUT2D eigenvalue weighted by atomic mass is 10.1. The van der Waals surface area contributed by atoms with Crippen molar-refractivity contribution < 1.29 is 4.79 Å².